The molecule has 1 aromatic rings. The minimum atomic E-state index is -0.00354. The summed E-state index contributed by atoms with van der Waals surface area (Å²) in [6.07, 6.45) is 3.17. The van der Waals surface area contributed by atoms with Gasteiger partial charge in [-0.3, -0.25) is 0 Å². The van der Waals surface area contributed by atoms with Crippen LogP contribution in [-0.2, 0) is 0 Å². The molecule has 1 fully saturated rings. The summed E-state index contributed by atoms with van der Waals surface area (Å²) in [6, 6.07) is 0.339. The molecule has 0 aliphatic carbocycles. The van der Waals surface area contributed by atoms with E-state index in [2.05, 4.69) is 33.9 Å². The van der Waals surface area contributed by atoms with Gasteiger partial charge in [-0.05, 0) is 6.92 Å². The molecule has 1 aliphatic rings. The summed E-state index contributed by atoms with van der Waals surface area (Å²) in [6.45, 7) is 5.24. The lowest BCUT2D eigenvalue weighted by atomic mass is 10.2. The van der Waals surface area contributed by atoms with Crippen molar-refractivity contribution in [2.75, 3.05) is 17.2 Å². The molecule has 6 nitrogen and oxygen atoms in total. The lowest BCUT2D eigenvalue weighted by Gasteiger charge is -2.38. The van der Waals surface area contributed by atoms with Crippen molar-refractivity contribution in [3.8, 4) is 0 Å². The van der Waals surface area contributed by atoms with E-state index in [1.54, 1.807) is 12.4 Å². The fourth-order valence-electron chi connectivity index (χ4n) is 2.00. The fraction of sp³-hybridized carbons (Fsp3) is 0.545. The largest absolute Gasteiger partial charge is 0.409 e. The van der Waals surface area contributed by atoms with E-state index in [0.29, 0.717) is 22.8 Å². The molecule has 1 aliphatic heterocycles. The quantitative estimate of drug-likeness (QED) is 0.358. The lowest BCUT2D eigenvalue weighted by Crippen LogP contribution is -2.46. The molecule has 2 atom stereocenters. The molecule has 98 valence electrons. The molecule has 0 amide bonds. The van der Waals surface area contributed by atoms with E-state index in [1.165, 1.54) is 0 Å². The Balaban J connectivity index is 2.38. The molecule has 0 radical (unpaired) electrons. The molecule has 3 N–H and O–H groups in total. The van der Waals surface area contributed by atoms with Gasteiger partial charge >= 0.3 is 0 Å². The number of rotatable bonds is 2. The number of hydrogen-bond acceptors (Lipinski definition) is 6. The van der Waals surface area contributed by atoms with Crippen LogP contribution < -0.4 is 10.6 Å². The number of amidine groups is 1. The minimum Gasteiger partial charge on any atom is -0.409 e. The van der Waals surface area contributed by atoms with Gasteiger partial charge in [-0.1, -0.05) is 12.1 Å². The van der Waals surface area contributed by atoms with Crippen LogP contribution in [0.3, 0.4) is 0 Å². The van der Waals surface area contributed by atoms with Crippen molar-refractivity contribution in [1.82, 2.24) is 9.97 Å². The molecule has 18 heavy (non-hydrogen) atoms. The van der Waals surface area contributed by atoms with E-state index in [0.717, 1.165) is 12.3 Å². The SMILES string of the molecule is CC1SCCN(c2nccnc2C(N)=NO)C1C. The Hall–Kier alpha value is -1.50. The van der Waals surface area contributed by atoms with Gasteiger partial charge in [-0.2, -0.15) is 11.8 Å². The first-order valence-corrected chi connectivity index (χ1v) is 6.87. The molecule has 1 aromatic heterocycles. The zero-order chi connectivity index (χ0) is 13.1. The summed E-state index contributed by atoms with van der Waals surface area (Å²) in [5.41, 5.74) is 6.08. The third-order valence-corrected chi connectivity index (χ3v) is 4.52. The van der Waals surface area contributed by atoms with Crippen molar-refractivity contribution >= 4 is 23.4 Å². The Morgan fingerprint density at radius 2 is 2.22 bits per heavy atom. The number of oxime groups is 1. The molecule has 2 heterocycles. The molecular formula is C11H17N5OS. The van der Waals surface area contributed by atoms with Crippen molar-refractivity contribution in [3.05, 3.63) is 18.1 Å². The van der Waals surface area contributed by atoms with Crippen LogP contribution in [0.5, 0.6) is 0 Å². The summed E-state index contributed by atoms with van der Waals surface area (Å²) in [5, 5.41) is 12.3. The third-order valence-electron chi connectivity index (χ3n) is 3.19. The Morgan fingerprint density at radius 1 is 1.50 bits per heavy atom. The van der Waals surface area contributed by atoms with Gasteiger partial charge in [0.1, 0.15) is 0 Å². The van der Waals surface area contributed by atoms with Crippen LogP contribution in [0.1, 0.15) is 19.5 Å². The van der Waals surface area contributed by atoms with Gasteiger partial charge in [-0.25, -0.2) is 9.97 Å². The van der Waals surface area contributed by atoms with E-state index in [9.17, 15) is 0 Å². The molecule has 0 aromatic carbocycles. The normalized spacial score (nSPS) is 25.2. The van der Waals surface area contributed by atoms with E-state index in [4.69, 9.17) is 10.9 Å². The molecule has 1 saturated heterocycles. The number of hydrogen-bond donors (Lipinski definition) is 2. The third kappa shape index (κ3) is 2.35. The number of anilines is 1. The van der Waals surface area contributed by atoms with Crippen molar-refractivity contribution < 1.29 is 5.21 Å². The Kier molecular flexibility index (Phi) is 3.90. The van der Waals surface area contributed by atoms with Crippen molar-refractivity contribution in [1.29, 1.82) is 0 Å². The highest BCUT2D eigenvalue weighted by Gasteiger charge is 2.28. The predicted octanol–water partition coefficient (Wildman–Crippen LogP) is 0.901. The number of thioether (sulfide) groups is 1. The maximum absolute atomic E-state index is 8.80. The average Bonchev–Trinajstić information content (AvgIpc) is 2.41. The van der Waals surface area contributed by atoms with Crippen LogP contribution >= 0.6 is 11.8 Å². The minimum absolute atomic E-state index is 0.00354. The van der Waals surface area contributed by atoms with Gasteiger partial charge in [0.05, 0.1) is 0 Å². The molecule has 2 unspecified atom stereocenters. The fourth-order valence-corrected chi connectivity index (χ4v) is 3.10. The van der Waals surface area contributed by atoms with Gasteiger partial charge < -0.3 is 15.8 Å². The maximum atomic E-state index is 8.80. The van der Waals surface area contributed by atoms with Gasteiger partial charge in [-0.15, -0.1) is 0 Å². The summed E-state index contributed by atoms with van der Waals surface area (Å²) in [7, 11) is 0. The van der Waals surface area contributed by atoms with Crippen LogP contribution in [-0.4, -0.2) is 44.6 Å². The molecular weight excluding hydrogens is 250 g/mol. The van der Waals surface area contributed by atoms with Crippen LogP contribution in [0.2, 0.25) is 0 Å². The monoisotopic (exact) mass is 267 g/mol. The van der Waals surface area contributed by atoms with Crippen molar-refractivity contribution in [2.24, 2.45) is 10.9 Å². The molecule has 0 saturated carbocycles. The zero-order valence-corrected chi connectivity index (χ0v) is 11.3. The summed E-state index contributed by atoms with van der Waals surface area (Å²) in [4.78, 5) is 10.7. The number of nitrogens with two attached hydrogens (primary N) is 1. The first-order chi connectivity index (χ1) is 8.65. The van der Waals surface area contributed by atoms with Crippen molar-refractivity contribution in [3.63, 3.8) is 0 Å². The topological polar surface area (TPSA) is 87.6 Å². The van der Waals surface area contributed by atoms with Gasteiger partial charge in [0.2, 0.25) is 0 Å². The Morgan fingerprint density at radius 3 is 2.94 bits per heavy atom. The van der Waals surface area contributed by atoms with E-state index in [-0.39, 0.29) is 5.84 Å². The van der Waals surface area contributed by atoms with Crippen LogP contribution in [0.4, 0.5) is 5.82 Å². The Labute approximate surface area is 110 Å². The predicted molar refractivity (Wildman–Crippen MR) is 73.3 cm³/mol. The van der Waals surface area contributed by atoms with E-state index >= 15 is 0 Å². The van der Waals surface area contributed by atoms with Crippen LogP contribution in [0.25, 0.3) is 0 Å². The second-order valence-electron chi connectivity index (χ2n) is 4.22. The average molecular weight is 267 g/mol. The van der Waals surface area contributed by atoms with Gasteiger partial charge in [0.25, 0.3) is 0 Å². The molecule has 7 heteroatoms. The van der Waals surface area contributed by atoms with Gasteiger partial charge in [0.15, 0.2) is 17.3 Å². The highest BCUT2D eigenvalue weighted by molar-refractivity contribution is 8.00. The summed E-state index contributed by atoms with van der Waals surface area (Å²) in [5.74, 6) is 1.72. The van der Waals surface area contributed by atoms with E-state index < -0.39 is 0 Å². The molecule has 0 bridgehead atoms. The maximum Gasteiger partial charge on any atom is 0.192 e. The summed E-state index contributed by atoms with van der Waals surface area (Å²) < 4.78 is 0. The molecule has 2 rings (SSSR count). The highest BCUT2D eigenvalue weighted by atomic mass is 32.2. The van der Waals surface area contributed by atoms with Crippen LogP contribution in [0, 0.1) is 0 Å². The van der Waals surface area contributed by atoms with Crippen molar-refractivity contribution in [2.45, 2.75) is 25.1 Å². The van der Waals surface area contributed by atoms with E-state index in [1.807, 2.05) is 11.8 Å². The number of nitrogens with zero attached hydrogens (tertiary/aromatic N) is 4. The lowest BCUT2D eigenvalue weighted by molar-refractivity contribution is 0.318. The first kappa shape index (κ1) is 12.9. The van der Waals surface area contributed by atoms with Gasteiger partial charge in [0, 0.05) is 36.0 Å². The zero-order valence-electron chi connectivity index (χ0n) is 10.4. The molecule has 0 spiro atoms. The second-order valence-corrected chi connectivity index (χ2v) is 5.71. The standard InChI is InChI=1S/C11H17N5OS/c1-7-8(2)18-6-5-16(7)11-9(10(12)15-17)13-3-4-14-11/h3-4,7-8,17H,5-6H2,1-2H3,(H2,12,15). The number of aromatic nitrogens is 2. The second kappa shape index (κ2) is 5.43. The highest BCUT2D eigenvalue weighted by Crippen LogP contribution is 2.28. The smallest absolute Gasteiger partial charge is 0.192 e. The Bertz CT molecular complexity index is 453. The van der Waals surface area contributed by atoms with Crippen LogP contribution in [0.15, 0.2) is 17.5 Å². The first-order valence-electron chi connectivity index (χ1n) is 5.82. The summed E-state index contributed by atoms with van der Waals surface area (Å²) >= 11 is 1.94.